The van der Waals surface area contributed by atoms with Crippen LogP contribution >= 0.6 is 15.9 Å². The fourth-order valence-corrected chi connectivity index (χ4v) is 2.96. The molecule has 0 N–H and O–H groups in total. The van der Waals surface area contributed by atoms with Crippen LogP contribution in [0.4, 0.5) is 0 Å². The van der Waals surface area contributed by atoms with Gasteiger partial charge in [-0.05, 0) is 48.0 Å². The average molecular weight is 271 g/mol. The first kappa shape index (κ1) is 9.85. The van der Waals surface area contributed by atoms with Gasteiger partial charge >= 0.3 is 0 Å². The van der Waals surface area contributed by atoms with Crippen LogP contribution in [0.25, 0.3) is 0 Å². The highest BCUT2D eigenvalue weighted by atomic mass is 79.9. The van der Waals surface area contributed by atoms with Crippen LogP contribution in [0.3, 0.4) is 0 Å². The van der Waals surface area contributed by atoms with Crippen molar-refractivity contribution in [2.24, 2.45) is 0 Å². The fraction of sp³-hybridized carbons (Fsp3) is 0.727. The lowest BCUT2D eigenvalue weighted by Gasteiger charge is -2.47. The molecule has 0 bridgehead atoms. The van der Waals surface area contributed by atoms with Crippen LogP contribution in [0.15, 0.2) is 16.9 Å². The molecule has 1 saturated heterocycles. The summed E-state index contributed by atoms with van der Waals surface area (Å²) in [6.45, 7) is 0.891. The summed E-state index contributed by atoms with van der Waals surface area (Å²) in [4.78, 5) is 0. The Morgan fingerprint density at radius 2 is 2.40 bits per heavy atom. The van der Waals surface area contributed by atoms with Gasteiger partial charge in [0.1, 0.15) is 0 Å². The molecule has 3 rings (SSSR count). The van der Waals surface area contributed by atoms with E-state index in [0.717, 1.165) is 23.9 Å². The maximum Gasteiger partial charge on any atom is 0.0703 e. The molecule has 0 radical (unpaired) electrons. The van der Waals surface area contributed by atoms with Crippen LogP contribution in [0.2, 0.25) is 0 Å². The van der Waals surface area contributed by atoms with E-state index in [1.807, 2.05) is 6.20 Å². The molecule has 2 fully saturated rings. The number of halogens is 1. The van der Waals surface area contributed by atoms with Crippen molar-refractivity contribution < 1.29 is 4.74 Å². The lowest BCUT2D eigenvalue weighted by molar-refractivity contribution is -0.141. The van der Waals surface area contributed by atoms with E-state index in [9.17, 15) is 0 Å². The molecule has 1 aliphatic heterocycles. The summed E-state index contributed by atoms with van der Waals surface area (Å²) >= 11 is 3.44. The molecule has 1 atom stereocenters. The van der Waals surface area contributed by atoms with E-state index in [1.165, 1.54) is 19.3 Å². The summed E-state index contributed by atoms with van der Waals surface area (Å²) in [5.41, 5.74) is 0.210. The first-order chi connectivity index (χ1) is 7.27. The lowest BCUT2D eigenvalue weighted by Crippen LogP contribution is -2.46. The maximum atomic E-state index is 5.91. The minimum absolute atomic E-state index is 0.210. The van der Waals surface area contributed by atoms with E-state index in [0.29, 0.717) is 6.04 Å². The Labute approximate surface area is 97.9 Å². The predicted molar refractivity (Wildman–Crippen MR) is 60.7 cm³/mol. The second-order valence-corrected chi connectivity index (χ2v) is 5.59. The van der Waals surface area contributed by atoms with Crippen molar-refractivity contribution in [3.63, 3.8) is 0 Å². The number of aromatic nitrogens is 2. The van der Waals surface area contributed by atoms with Crippen LogP contribution in [0.1, 0.15) is 38.1 Å². The molecule has 0 aromatic carbocycles. The largest absolute Gasteiger partial charge is 0.375 e. The van der Waals surface area contributed by atoms with Crippen LogP contribution in [-0.4, -0.2) is 22.0 Å². The second-order valence-electron chi connectivity index (χ2n) is 4.67. The summed E-state index contributed by atoms with van der Waals surface area (Å²) in [5.74, 6) is 0. The highest BCUT2D eigenvalue weighted by molar-refractivity contribution is 9.10. The van der Waals surface area contributed by atoms with Gasteiger partial charge in [0.05, 0.1) is 22.3 Å². The van der Waals surface area contributed by atoms with Crippen molar-refractivity contribution in [3.05, 3.63) is 16.9 Å². The van der Waals surface area contributed by atoms with Crippen molar-refractivity contribution in [1.82, 2.24) is 9.78 Å². The molecular weight excluding hydrogens is 256 g/mol. The summed E-state index contributed by atoms with van der Waals surface area (Å²) in [6.07, 6.45) is 9.98. The molecular formula is C11H15BrN2O. The molecule has 3 nitrogen and oxygen atoms in total. The fourth-order valence-electron chi connectivity index (χ4n) is 2.66. The third-order valence-corrected chi connectivity index (χ3v) is 4.09. The Balaban J connectivity index is 1.76. The zero-order valence-electron chi connectivity index (χ0n) is 8.66. The second kappa shape index (κ2) is 3.59. The lowest BCUT2D eigenvalue weighted by atomic mass is 9.74. The summed E-state index contributed by atoms with van der Waals surface area (Å²) in [7, 11) is 0. The van der Waals surface area contributed by atoms with Crippen LogP contribution in [0, 0.1) is 0 Å². The molecule has 2 aliphatic rings. The van der Waals surface area contributed by atoms with Crippen LogP contribution in [-0.2, 0) is 4.74 Å². The van der Waals surface area contributed by atoms with E-state index in [1.54, 1.807) is 0 Å². The number of hydrogen-bond donors (Lipinski definition) is 0. The number of rotatable bonds is 1. The van der Waals surface area contributed by atoms with Gasteiger partial charge in [-0.25, -0.2) is 0 Å². The van der Waals surface area contributed by atoms with Gasteiger partial charge in [-0.3, -0.25) is 4.68 Å². The number of hydrogen-bond acceptors (Lipinski definition) is 2. The van der Waals surface area contributed by atoms with Gasteiger partial charge in [-0.15, -0.1) is 0 Å². The molecule has 1 saturated carbocycles. The molecule has 1 aromatic heterocycles. The smallest absolute Gasteiger partial charge is 0.0703 e. The highest BCUT2D eigenvalue weighted by Crippen LogP contribution is 2.45. The van der Waals surface area contributed by atoms with Crippen LogP contribution < -0.4 is 0 Å². The molecule has 2 heterocycles. The Kier molecular flexibility index (Phi) is 2.36. The molecule has 82 valence electrons. The normalized spacial score (nSPS) is 29.0. The summed E-state index contributed by atoms with van der Waals surface area (Å²) in [5, 5.41) is 4.38. The van der Waals surface area contributed by atoms with Gasteiger partial charge in [-0.2, -0.15) is 5.10 Å². The van der Waals surface area contributed by atoms with Gasteiger partial charge in [0.15, 0.2) is 0 Å². The third-order valence-electron chi connectivity index (χ3n) is 3.68. The van der Waals surface area contributed by atoms with E-state index in [-0.39, 0.29) is 5.60 Å². The van der Waals surface area contributed by atoms with Gasteiger partial charge in [0, 0.05) is 12.8 Å². The Morgan fingerprint density at radius 3 is 3.00 bits per heavy atom. The monoisotopic (exact) mass is 270 g/mol. The Hall–Kier alpha value is -0.350. The molecule has 1 unspecified atom stereocenters. The SMILES string of the molecule is Brc1cnn(C2CCOC3(CCC3)C2)c1. The van der Waals surface area contributed by atoms with Gasteiger partial charge in [0.25, 0.3) is 0 Å². The van der Waals surface area contributed by atoms with E-state index in [4.69, 9.17) is 4.74 Å². The van der Waals surface area contributed by atoms with Gasteiger partial charge < -0.3 is 4.74 Å². The Morgan fingerprint density at radius 1 is 1.53 bits per heavy atom. The zero-order chi connectivity index (χ0) is 10.3. The minimum atomic E-state index is 0.210. The van der Waals surface area contributed by atoms with E-state index in [2.05, 4.69) is 31.9 Å². The summed E-state index contributed by atoms with van der Waals surface area (Å²) in [6, 6.07) is 0.533. The minimum Gasteiger partial charge on any atom is -0.375 e. The number of nitrogens with zero attached hydrogens (tertiary/aromatic N) is 2. The van der Waals surface area contributed by atoms with Gasteiger partial charge in [0.2, 0.25) is 0 Å². The molecule has 15 heavy (non-hydrogen) atoms. The van der Waals surface area contributed by atoms with Gasteiger partial charge in [-0.1, -0.05) is 0 Å². The molecule has 1 aromatic rings. The van der Waals surface area contributed by atoms with Crippen LogP contribution in [0.5, 0.6) is 0 Å². The standard InChI is InChI=1S/C11H15BrN2O/c12-9-7-13-14(8-9)10-2-5-15-11(6-10)3-1-4-11/h7-8,10H,1-6H2. The van der Waals surface area contributed by atoms with Crippen molar-refractivity contribution in [2.75, 3.05) is 6.61 Å². The molecule has 0 amide bonds. The molecule has 1 aliphatic carbocycles. The molecule has 1 spiro atoms. The third kappa shape index (κ3) is 1.74. The van der Waals surface area contributed by atoms with Crippen molar-refractivity contribution in [3.8, 4) is 0 Å². The van der Waals surface area contributed by atoms with Crippen molar-refractivity contribution in [2.45, 2.75) is 43.7 Å². The average Bonchev–Trinajstić information content (AvgIpc) is 2.63. The quantitative estimate of drug-likeness (QED) is 0.785. The number of ether oxygens (including phenoxy) is 1. The predicted octanol–water partition coefficient (Wildman–Crippen LogP) is 2.92. The van der Waals surface area contributed by atoms with Crippen molar-refractivity contribution in [1.29, 1.82) is 0 Å². The Bertz CT molecular complexity index is 359. The molecule has 4 heteroatoms. The zero-order valence-corrected chi connectivity index (χ0v) is 10.2. The first-order valence-corrected chi connectivity index (χ1v) is 6.40. The maximum absolute atomic E-state index is 5.91. The highest BCUT2D eigenvalue weighted by Gasteiger charge is 2.43. The van der Waals surface area contributed by atoms with E-state index < -0.39 is 0 Å². The topological polar surface area (TPSA) is 27.1 Å². The summed E-state index contributed by atoms with van der Waals surface area (Å²) < 4.78 is 9.06. The first-order valence-electron chi connectivity index (χ1n) is 5.61. The van der Waals surface area contributed by atoms with E-state index >= 15 is 0 Å². The van der Waals surface area contributed by atoms with Crippen molar-refractivity contribution >= 4 is 15.9 Å².